The number of methoxy groups -OCH3 is 1. The van der Waals surface area contributed by atoms with Crippen LogP contribution in [0.2, 0.25) is 0 Å². The second-order valence-electron chi connectivity index (χ2n) is 5.11. The van der Waals surface area contributed by atoms with Crippen molar-refractivity contribution in [2.75, 3.05) is 19.0 Å². The van der Waals surface area contributed by atoms with Crippen LogP contribution in [-0.2, 0) is 17.6 Å². The number of fused-ring (bicyclic) bond motifs is 1. The van der Waals surface area contributed by atoms with Gasteiger partial charge in [0.25, 0.3) is 0 Å². The molecule has 1 aliphatic rings. The lowest BCUT2D eigenvalue weighted by Crippen LogP contribution is -2.38. The number of carbonyl (C=O) groups is 1. The van der Waals surface area contributed by atoms with E-state index in [2.05, 4.69) is 16.7 Å². The molecule has 1 aliphatic carbocycles. The molecule has 0 saturated heterocycles. The lowest BCUT2D eigenvalue weighted by Gasteiger charge is -2.20. The maximum Gasteiger partial charge on any atom is 0.319 e. The SMILES string of the molecule is COCC(C)NC(=O)Nc1cccc2c1CCCC2. The van der Waals surface area contributed by atoms with Crippen LogP contribution in [0.4, 0.5) is 10.5 Å². The minimum atomic E-state index is -0.163. The van der Waals surface area contributed by atoms with Crippen molar-refractivity contribution in [1.82, 2.24) is 5.32 Å². The summed E-state index contributed by atoms with van der Waals surface area (Å²) < 4.78 is 5.00. The number of carbonyl (C=O) groups excluding carboxylic acids is 1. The van der Waals surface area contributed by atoms with Crippen molar-refractivity contribution in [3.63, 3.8) is 0 Å². The molecule has 1 aromatic rings. The molecule has 1 atom stereocenters. The van der Waals surface area contributed by atoms with Gasteiger partial charge in [-0.25, -0.2) is 4.79 Å². The average molecular weight is 262 g/mol. The van der Waals surface area contributed by atoms with E-state index >= 15 is 0 Å². The second kappa shape index (κ2) is 6.57. The van der Waals surface area contributed by atoms with Gasteiger partial charge in [-0.05, 0) is 49.8 Å². The zero-order chi connectivity index (χ0) is 13.7. The molecule has 0 spiro atoms. The van der Waals surface area contributed by atoms with Crippen molar-refractivity contribution in [3.8, 4) is 0 Å². The fourth-order valence-corrected chi connectivity index (χ4v) is 2.57. The molecule has 19 heavy (non-hydrogen) atoms. The number of ether oxygens (including phenoxy) is 1. The Hall–Kier alpha value is -1.55. The lowest BCUT2D eigenvalue weighted by molar-refractivity contribution is 0.173. The van der Waals surface area contributed by atoms with Gasteiger partial charge < -0.3 is 15.4 Å². The van der Waals surface area contributed by atoms with E-state index in [9.17, 15) is 4.79 Å². The molecule has 1 unspecified atom stereocenters. The summed E-state index contributed by atoms with van der Waals surface area (Å²) in [5.74, 6) is 0. The van der Waals surface area contributed by atoms with E-state index in [1.807, 2.05) is 19.1 Å². The number of amides is 2. The molecule has 2 amide bonds. The van der Waals surface area contributed by atoms with Crippen LogP contribution in [0, 0.1) is 0 Å². The Labute approximate surface area is 114 Å². The number of hydrogen-bond acceptors (Lipinski definition) is 2. The number of nitrogens with one attached hydrogen (secondary N) is 2. The van der Waals surface area contributed by atoms with Crippen LogP contribution < -0.4 is 10.6 Å². The van der Waals surface area contributed by atoms with Gasteiger partial charge in [0.15, 0.2) is 0 Å². The first-order valence-corrected chi connectivity index (χ1v) is 6.88. The summed E-state index contributed by atoms with van der Waals surface area (Å²) in [4.78, 5) is 11.9. The van der Waals surface area contributed by atoms with Crippen LogP contribution >= 0.6 is 0 Å². The molecular formula is C15H22N2O2. The molecule has 0 saturated carbocycles. The smallest absolute Gasteiger partial charge is 0.319 e. The quantitative estimate of drug-likeness (QED) is 0.876. The number of rotatable bonds is 4. The second-order valence-corrected chi connectivity index (χ2v) is 5.11. The molecule has 2 rings (SSSR count). The molecule has 0 radical (unpaired) electrons. The molecule has 104 valence electrons. The molecule has 0 aromatic heterocycles. The van der Waals surface area contributed by atoms with Gasteiger partial charge in [-0.15, -0.1) is 0 Å². The third-order valence-electron chi connectivity index (χ3n) is 3.44. The first kappa shape index (κ1) is 13.9. The van der Waals surface area contributed by atoms with Crippen molar-refractivity contribution in [2.45, 2.75) is 38.6 Å². The van der Waals surface area contributed by atoms with Gasteiger partial charge in [0, 0.05) is 12.8 Å². The fourth-order valence-electron chi connectivity index (χ4n) is 2.57. The summed E-state index contributed by atoms with van der Waals surface area (Å²) in [6, 6.07) is 5.99. The highest BCUT2D eigenvalue weighted by Gasteiger charge is 2.15. The van der Waals surface area contributed by atoms with E-state index < -0.39 is 0 Å². The molecule has 0 heterocycles. The monoisotopic (exact) mass is 262 g/mol. The summed E-state index contributed by atoms with van der Waals surface area (Å²) in [5, 5.41) is 5.81. The summed E-state index contributed by atoms with van der Waals surface area (Å²) >= 11 is 0. The molecular weight excluding hydrogens is 240 g/mol. The van der Waals surface area contributed by atoms with Crippen LogP contribution in [0.25, 0.3) is 0 Å². The highest BCUT2D eigenvalue weighted by Crippen LogP contribution is 2.27. The normalized spacial score (nSPS) is 15.5. The third-order valence-corrected chi connectivity index (χ3v) is 3.44. The van der Waals surface area contributed by atoms with E-state index in [-0.39, 0.29) is 12.1 Å². The molecule has 0 aliphatic heterocycles. The number of hydrogen-bond donors (Lipinski definition) is 2. The van der Waals surface area contributed by atoms with Gasteiger partial charge >= 0.3 is 6.03 Å². The van der Waals surface area contributed by atoms with Gasteiger partial charge in [-0.2, -0.15) is 0 Å². The van der Waals surface area contributed by atoms with Crippen molar-refractivity contribution in [2.24, 2.45) is 0 Å². The fraction of sp³-hybridized carbons (Fsp3) is 0.533. The van der Waals surface area contributed by atoms with Crippen LogP contribution in [0.3, 0.4) is 0 Å². The number of anilines is 1. The highest BCUT2D eigenvalue weighted by atomic mass is 16.5. The third kappa shape index (κ3) is 3.70. The van der Waals surface area contributed by atoms with Crippen molar-refractivity contribution in [1.29, 1.82) is 0 Å². The van der Waals surface area contributed by atoms with E-state index in [1.165, 1.54) is 24.0 Å². The molecule has 0 fully saturated rings. The first-order chi connectivity index (χ1) is 9.20. The predicted octanol–water partition coefficient (Wildman–Crippen LogP) is 2.72. The molecule has 0 bridgehead atoms. The Morgan fingerprint density at radius 3 is 2.95 bits per heavy atom. The Morgan fingerprint density at radius 2 is 2.16 bits per heavy atom. The highest BCUT2D eigenvalue weighted by molar-refractivity contribution is 5.90. The Bertz CT molecular complexity index is 446. The lowest BCUT2D eigenvalue weighted by atomic mass is 9.90. The molecule has 2 N–H and O–H groups in total. The Kier molecular flexibility index (Phi) is 4.80. The standard InChI is InChI=1S/C15H22N2O2/c1-11(10-19-2)16-15(18)17-14-9-5-7-12-6-3-4-8-13(12)14/h5,7,9,11H,3-4,6,8,10H2,1-2H3,(H2,16,17,18). The largest absolute Gasteiger partial charge is 0.383 e. The summed E-state index contributed by atoms with van der Waals surface area (Å²) in [6.45, 7) is 2.43. The Morgan fingerprint density at radius 1 is 1.37 bits per heavy atom. The summed E-state index contributed by atoms with van der Waals surface area (Å²) in [7, 11) is 1.63. The van der Waals surface area contributed by atoms with E-state index in [1.54, 1.807) is 7.11 Å². The van der Waals surface area contributed by atoms with Gasteiger partial charge in [0.1, 0.15) is 0 Å². The van der Waals surface area contributed by atoms with Crippen molar-refractivity contribution in [3.05, 3.63) is 29.3 Å². The zero-order valence-electron chi connectivity index (χ0n) is 11.7. The Balaban J connectivity index is 2.01. The predicted molar refractivity (Wildman–Crippen MR) is 76.6 cm³/mol. The van der Waals surface area contributed by atoms with Crippen LogP contribution in [0.5, 0.6) is 0 Å². The van der Waals surface area contributed by atoms with Gasteiger partial charge in [0.05, 0.1) is 12.6 Å². The first-order valence-electron chi connectivity index (χ1n) is 6.88. The van der Waals surface area contributed by atoms with E-state index in [0.29, 0.717) is 6.61 Å². The average Bonchev–Trinajstić information content (AvgIpc) is 2.39. The molecule has 1 aromatic carbocycles. The van der Waals surface area contributed by atoms with Crippen molar-refractivity contribution < 1.29 is 9.53 Å². The summed E-state index contributed by atoms with van der Waals surface area (Å²) in [6.07, 6.45) is 4.62. The number of benzene rings is 1. The minimum Gasteiger partial charge on any atom is -0.383 e. The maximum absolute atomic E-state index is 11.9. The summed E-state index contributed by atoms with van der Waals surface area (Å²) in [5.41, 5.74) is 3.61. The van der Waals surface area contributed by atoms with Crippen LogP contribution in [0.15, 0.2) is 18.2 Å². The van der Waals surface area contributed by atoms with Crippen LogP contribution in [0.1, 0.15) is 30.9 Å². The minimum absolute atomic E-state index is 0.00420. The van der Waals surface area contributed by atoms with E-state index in [4.69, 9.17) is 4.74 Å². The molecule has 4 nitrogen and oxygen atoms in total. The van der Waals surface area contributed by atoms with Crippen LogP contribution in [-0.4, -0.2) is 25.8 Å². The van der Waals surface area contributed by atoms with Gasteiger partial charge in [-0.3, -0.25) is 0 Å². The van der Waals surface area contributed by atoms with E-state index in [0.717, 1.165) is 18.5 Å². The topological polar surface area (TPSA) is 50.4 Å². The van der Waals surface area contributed by atoms with Crippen molar-refractivity contribution >= 4 is 11.7 Å². The van der Waals surface area contributed by atoms with Gasteiger partial charge in [-0.1, -0.05) is 12.1 Å². The number of urea groups is 1. The molecule has 4 heteroatoms. The zero-order valence-corrected chi connectivity index (χ0v) is 11.7. The van der Waals surface area contributed by atoms with Gasteiger partial charge in [0.2, 0.25) is 0 Å². The maximum atomic E-state index is 11.9. The number of aryl methyl sites for hydroxylation is 1.